The van der Waals surface area contributed by atoms with Crippen molar-refractivity contribution in [2.24, 2.45) is 0 Å². The molecule has 0 atom stereocenters. The second-order valence-corrected chi connectivity index (χ2v) is 9.04. The summed E-state index contributed by atoms with van der Waals surface area (Å²) >= 11 is 0. The lowest BCUT2D eigenvalue weighted by Gasteiger charge is -2.15. The van der Waals surface area contributed by atoms with E-state index in [1.165, 1.54) is 70.2 Å². The predicted octanol–water partition coefficient (Wildman–Crippen LogP) is 7.73. The topological polar surface area (TPSA) is 29.5 Å². The number of ether oxygens (including phenoxy) is 1. The molecule has 3 rings (SSSR count). The highest BCUT2D eigenvalue weighted by Gasteiger charge is 2.11. The van der Waals surface area contributed by atoms with Gasteiger partial charge in [-0.25, -0.2) is 0 Å². The predicted molar refractivity (Wildman–Crippen MR) is 145 cm³/mol. The number of aryl methyl sites for hydroxylation is 2. The Kier molecular flexibility index (Phi) is 10.6. The molecule has 3 aromatic rings. The molecule has 0 amide bonds. The van der Waals surface area contributed by atoms with E-state index in [4.69, 9.17) is 4.74 Å². The summed E-state index contributed by atoms with van der Waals surface area (Å²) in [6.45, 7) is 7.96. The molecule has 0 aromatic heterocycles. The minimum absolute atomic E-state index is 0.168. The summed E-state index contributed by atoms with van der Waals surface area (Å²) in [6.07, 6.45) is 10.6. The largest absolute Gasteiger partial charge is 0.396 e. The molecule has 0 aliphatic carbocycles. The van der Waals surface area contributed by atoms with Gasteiger partial charge in [-0.1, -0.05) is 92.6 Å². The van der Waals surface area contributed by atoms with Gasteiger partial charge < -0.3 is 9.84 Å². The Morgan fingerprint density at radius 1 is 0.794 bits per heavy atom. The van der Waals surface area contributed by atoms with Crippen molar-refractivity contribution < 1.29 is 9.84 Å². The summed E-state index contributed by atoms with van der Waals surface area (Å²) in [4.78, 5) is 0. The Balaban J connectivity index is 1.81. The van der Waals surface area contributed by atoms with Gasteiger partial charge in [0.15, 0.2) is 0 Å². The van der Waals surface area contributed by atoms with Crippen LogP contribution in [0.15, 0.2) is 72.8 Å². The number of allylic oxidation sites excluding steroid dienone is 1. The first-order valence-corrected chi connectivity index (χ1v) is 12.8. The molecule has 34 heavy (non-hydrogen) atoms. The van der Waals surface area contributed by atoms with E-state index in [0.29, 0.717) is 19.6 Å². The van der Waals surface area contributed by atoms with Crippen LogP contribution in [0.25, 0.3) is 22.3 Å². The maximum absolute atomic E-state index is 9.39. The van der Waals surface area contributed by atoms with Crippen molar-refractivity contribution in [1.82, 2.24) is 0 Å². The van der Waals surface area contributed by atoms with Crippen molar-refractivity contribution >= 4 is 0 Å². The molecule has 2 nitrogen and oxygen atoms in total. The summed E-state index contributed by atoms with van der Waals surface area (Å²) < 4.78 is 5.78. The third-order valence-electron chi connectivity index (χ3n) is 6.41. The van der Waals surface area contributed by atoms with Crippen LogP contribution in [0.5, 0.6) is 0 Å². The quantitative estimate of drug-likeness (QED) is 0.211. The van der Waals surface area contributed by atoms with Gasteiger partial charge in [0.1, 0.15) is 0 Å². The van der Waals surface area contributed by atoms with Crippen LogP contribution in [-0.2, 0) is 24.0 Å². The van der Waals surface area contributed by atoms with Crippen molar-refractivity contribution in [3.05, 3.63) is 95.1 Å². The zero-order chi connectivity index (χ0) is 24.2. The molecule has 0 saturated heterocycles. The van der Waals surface area contributed by atoms with Gasteiger partial charge in [0, 0.05) is 6.61 Å². The fourth-order valence-corrected chi connectivity index (χ4v) is 4.42. The summed E-state index contributed by atoms with van der Waals surface area (Å²) in [5, 5.41) is 9.39. The van der Waals surface area contributed by atoms with E-state index in [9.17, 15) is 5.11 Å². The fraction of sp³-hybridized carbons (Fsp3) is 0.375. The molecule has 0 spiro atoms. The van der Waals surface area contributed by atoms with Gasteiger partial charge in [-0.15, -0.1) is 0 Å². The first-order valence-electron chi connectivity index (χ1n) is 12.8. The van der Waals surface area contributed by atoms with Crippen molar-refractivity contribution in [3.63, 3.8) is 0 Å². The molecular weight excluding hydrogens is 416 g/mol. The van der Waals surface area contributed by atoms with Gasteiger partial charge in [0.25, 0.3) is 0 Å². The zero-order valence-corrected chi connectivity index (χ0v) is 21.1. The second-order valence-electron chi connectivity index (χ2n) is 9.04. The van der Waals surface area contributed by atoms with Crippen LogP contribution in [-0.4, -0.2) is 24.9 Å². The Morgan fingerprint density at radius 3 is 2.24 bits per heavy atom. The van der Waals surface area contributed by atoms with Crippen molar-refractivity contribution in [2.75, 3.05) is 19.8 Å². The highest BCUT2D eigenvalue weighted by Crippen LogP contribution is 2.32. The van der Waals surface area contributed by atoms with Crippen LogP contribution in [0.3, 0.4) is 0 Å². The average Bonchev–Trinajstić information content (AvgIpc) is 2.85. The molecule has 0 radical (unpaired) electrons. The molecule has 0 heterocycles. The van der Waals surface area contributed by atoms with Crippen LogP contribution in [0.2, 0.25) is 0 Å². The number of hydrogen-bond donors (Lipinski definition) is 1. The van der Waals surface area contributed by atoms with Crippen molar-refractivity contribution in [3.8, 4) is 22.3 Å². The molecule has 0 saturated carbocycles. The number of aliphatic hydroxyl groups is 1. The van der Waals surface area contributed by atoms with E-state index < -0.39 is 0 Å². The van der Waals surface area contributed by atoms with Crippen LogP contribution in [0, 0.1) is 6.92 Å². The monoisotopic (exact) mass is 456 g/mol. The van der Waals surface area contributed by atoms with Gasteiger partial charge in [0.2, 0.25) is 0 Å². The van der Waals surface area contributed by atoms with Crippen molar-refractivity contribution in [1.29, 1.82) is 0 Å². The minimum atomic E-state index is 0.168. The SMILES string of the molecule is C/C=C/COCCc1cc(CCO)ccc1-c1ccc(-c2ccc(CCCCC)cc2)cc1C. The number of rotatable bonds is 13. The molecule has 180 valence electrons. The molecule has 2 heteroatoms. The third-order valence-corrected chi connectivity index (χ3v) is 6.41. The summed E-state index contributed by atoms with van der Waals surface area (Å²) in [5.41, 5.74) is 10.2. The van der Waals surface area contributed by atoms with E-state index in [2.05, 4.69) is 74.5 Å². The van der Waals surface area contributed by atoms with E-state index in [-0.39, 0.29) is 6.61 Å². The molecule has 3 aromatic carbocycles. The Hall–Kier alpha value is -2.68. The first kappa shape index (κ1) is 25.9. The lowest BCUT2D eigenvalue weighted by Crippen LogP contribution is -2.02. The highest BCUT2D eigenvalue weighted by molar-refractivity contribution is 5.75. The van der Waals surface area contributed by atoms with E-state index in [0.717, 1.165) is 6.42 Å². The van der Waals surface area contributed by atoms with Gasteiger partial charge >= 0.3 is 0 Å². The van der Waals surface area contributed by atoms with E-state index >= 15 is 0 Å². The molecule has 0 fully saturated rings. The lowest BCUT2D eigenvalue weighted by molar-refractivity contribution is 0.166. The number of unbranched alkanes of at least 4 members (excludes halogenated alkanes) is 2. The fourth-order valence-electron chi connectivity index (χ4n) is 4.42. The van der Waals surface area contributed by atoms with Crippen molar-refractivity contribution in [2.45, 2.75) is 59.3 Å². The summed E-state index contributed by atoms with van der Waals surface area (Å²) in [5.74, 6) is 0. The van der Waals surface area contributed by atoms with Gasteiger partial charge in [-0.3, -0.25) is 0 Å². The van der Waals surface area contributed by atoms with Gasteiger partial charge in [-0.05, 0) is 84.0 Å². The first-order chi connectivity index (χ1) is 16.7. The Labute approximate surface area is 206 Å². The smallest absolute Gasteiger partial charge is 0.0647 e. The van der Waals surface area contributed by atoms with Crippen LogP contribution >= 0.6 is 0 Å². The Morgan fingerprint density at radius 2 is 1.53 bits per heavy atom. The molecule has 0 bridgehead atoms. The summed E-state index contributed by atoms with van der Waals surface area (Å²) in [7, 11) is 0. The average molecular weight is 457 g/mol. The number of benzene rings is 3. The van der Waals surface area contributed by atoms with E-state index in [1.807, 2.05) is 19.1 Å². The maximum Gasteiger partial charge on any atom is 0.0647 e. The molecule has 1 N–H and O–H groups in total. The van der Waals surface area contributed by atoms with E-state index in [1.54, 1.807) is 0 Å². The molecule has 0 unspecified atom stereocenters. The normalized spacial score (nSPS) is 11.4. The van der Waals surface area contributed by atoms with Gasteiger partial charge in [-0.2, -0.15) is 0 Å². The molecule has 0 aliphatic rings. The third kappa shape index (κ3) is 7.41. The number of hydrogen-bond acceptors (Lipinski definition) is 2. The maximum atomic E-state index is 9.39. The standard InChI is InChI=1S/C32H40O2/c1-4-6-8-9-26-10-13-28(14-11-26)29-15-17-31(25(3)23-29)32-16-12-27(18-20-33)24-30(32)19-22-34-21-7-5-2/h5,7,10-17,23-24,33H,4,6,8-9,18-22H2,1-3H3/b7-5+. The van der Waals surface area contributed by atoms with Crippen LogP contribution in [0.1, 0.15) is 55.4 Å². The number of aliphatic hydroxyl groups excluding tert-OH is 1. The minimum Gasteiger partial charge on any atom is -0.396 e. The van der Waals surface area contributed by atoms with Crippen LogP contribution in [0.4, 0.5) is 0 Å². The van der Waals surface area contributed by atoms with Crippen LogP contribution < -0.4 is 0 Å². The second kappa shape index (κ2) is 13.9. The zero-order valence-electron chi connectivity index (χ0n) is 21.1. The highest BCUT2D eigenvalue weighted by atomic mass is 16.5. The Bertz CT molecular complexity index is 1050. The molecular formula is C32H40O2. The molecule has 0 aliphatic heterocycles. The summed E-state index contributed by atoms with van der Waals surface area (Å²) in [6, 6.07) is 22.4. The lowest BCUT2D eigenvalue weighted by atomic mass is 9.90. The van der Waals surface area contributed by atoms with Gasteiger partial charge in [0.05, 0.1) is 13.2 Å².